The average Bonchev–Trinajstić information content (AvgIpc) is 3.36. The van der Waals surface area contributed by atoms with Gasteiger partial charge in [-0.25, -0.2) is 9.78 Å². The number of aromatic nitrogens is 2. The van der Waals surface area contributed by atoms with Gasteiger partial charge in [0.05, 0.1) is 19.0 Å². The summed E-state index contributed by atoms with van der Waals surface area (Å²) in [6.07, 6.45) is 2.78. The molecule has 29 heavy (non-hydrogen) atoms. The van der Waals surface area contributed by atoms with Crippen LogP contribution in [0.1, 0.15) is 25.5 Å². The maximum absolute atomic E-state index is 12.6. The molecule has 1 aliphatic rings. The zero-order valence-corrected chi connectivity index (χ0v) is 16.0. The van der Waals surface area contributed by atoms with E-state index < -0.39 is 54.5 Å². The molecule has 0 spiro atoms. The molecule has 0 aromatic carbocycles. The zero-order valence-electron chi connectivity index (χ0n) is 16.0. The number of aliphatic hydroxyl groups excluding tert-OH is 1. The number of nitrogens with two attached hydrogens (primary N) is 1. The third-order valence-electron chi connectivity index (χ3n) is 4.71. The molecule has 4 unspecified atom stereocenters. The minimum Gasteiger partial charge on any atom is -0.480 e. The fraction of sp³-hybridized carbons (Fsp3) is 0.588. The van der Waals surface area contributed by atoms with Crippen LogP contribution < -0.4 is 16.4 Å². The number of nitrogens with zero attached hydrogens (tertiary/aromatic N) is 2. The molecule has 1 aliphatic heterocycles. The van der Waals surface area contributed by atoms with Crippen molar-refractivity contribution in [1.29, 1.82) is 0 Å². The van der Waals surface area contributed by atoms with E-state index in [1.807, 2.05) is 0 Å². The summed E-state index contributed by atoms with van der Waals surface area (Å²) < 4.78 is 0. The van der Waals surface area contributed by atoms with Crippen LogP contribution in [0, 0.1) is 0 Å². The largest absolute Gasteiger partial charge is 0.480 e. The first kappa shape index (κ1) is 22.3. The van der Waals surface area contributed by atoms with Gasteiger partial charge in [-0.1, -0.05) is 0 Å². The summed E-state index contributed by atoms with van der Waals surface area (Å²) in [6.45, 7) is 1.26. The lowest BCUT2D eigenvalue weighted by Gasteiger charge is -2.23. The van der Waals surface area contributed by atoms with E-state index in [0.717, 1.165) is 0 Å². The first-order valence-electron chi connectivity index (χ1n) is 9.22. The van der Waals surface area contributed by atoms with Gasteiger partial charge in [-0.15, -0.1) is 0 Å². The fourth-order valence-corrected chi connectivity index (χ4v) is 3.02. The fourth-order valence-electron chi connectivity index (χ4n) is 3.02. The van der Waals surface area contributed by atoms with E-state index >= 15 is 0 Å². The summed E-state index contributed by atoms with van der Waals surface area (Å²) in [6, 6.07) is -3.20. The quantitative estimate of drug-likeness (QED) is 0.254. The molecule has 2 heterocycles. The number of carboxylic acid groups (broad SMARTS) is 1. The molecule has 12 nitrogen and oxygen atoms in total. The smallest absolute Gasteiger partial charge is 0.326 e. The standard InChI is InChI=1S/C17H26N6O6/c1-9(24)14(18)16(27)22-11(5-10-6-19-8-21-10)15(26)20-7-13(25)23-4-2-3-12(23)17(28)29/h6,8-9,11-12,14,24H,2-5,7,18H2,1H3,(H,19,21)(H,20,26)(H,22,27)(H,28,29). The normalized spacial score (nSPS) is 19.3. The van der Waals surface area contributed by atoms with Crippen LogP contribution in [0.3, 0.4) is 0 Å². The van der Waals surface area contributed by atoms with Crippen molar-refractivity contribution in [2.75, 3.05) is 13.1 Å². The van der Waals surface area contributed by atoms with E-state index in [9.17, 15) is 24.3 Å². The maximum atomic E-state index is 12.6. The van der Waals surface area contributed by atoms with Gasteiger partial charge in [0.25, 0.3) is 0 Å². The number of carbonyl (C=O) groups excluding carboxylic acids is 3. The van der Waals surface area contributed by atoms with E-state index in [2.05, 4.69) is 20.6 Å². The van der Waals surface area contributed by atoms with Crippen LogP contribution in [0.4, 0.5) is 0 Å². The van der Waals surface area contributed by atoms with Gasteiger partial charge in [-0.2, -0.15) is 0 Å². The van der Waals surface area contributed by atoms with E-state index in [-0.39, 0.29) is 6.42 Å². The van der Waals surface area contributed by atoms with Gasteiger partial charge in [0, 0.05) is 24.9 Å². The lowest BCUT2D eigenvalue weighted by molar-refractivity contribution is -0.148. The minimum atomic E-state index is -1.23. The van der Waals surface area contributed by atoms with Crippen LogP contribution in [-0.4, -0.2) is 86.1 Å². The van der Waals surface area contributed by atoms with Gasteiger partial charge in [0.2, 0.25) is 17.7 Å². The average molecular weight is 410 g/mol. The Morgan fingerprint density at radius 1 is 1.38 bits per heavy atom. The SMILES string of the molecule is CC(O)C(N)C(=O)NC(Cc1cnc[nH]1)C(=O)NCC(=O)N1CCCC1C(=O)O. The van der Waals surface area contributed by atoms with Gasteiger partial charge in [-0.05, 0) is 19.8 Å². The highest BCUT2D eigenvalue weighted by Crippen LogP contribution is 2.17. The summed E-state index contributed by atoms with van der Waals surface area (Å²) in [5, 5.41) is 23.5. The first-order valence-corrected chi connectivity index (χ1v) is 9.22. The Morgan fingerprint density at radius 3 is 2.69 bits per heavy atom. The van der Waals surface area contributed by atoms with Crippen LogP contribution >= 0.6 is 0 Å². The lowest BCUT2D eigenvalue weighted by Crippen LogP contribution is -2.56. The molecular weight excluding hydrogens is 384 g/mol. The molecule has 12 heteroatoms. The number of aromatic amines is 1. The summed E-state index contributed by atoms with van der Waals surface area (Å²) in [4.78, 5) is 56.1. The molecule has 0 saturated carbocycles. The van der Waals surface area contributed by atoms with Gasteiger partial charge >= 0.3 is 5.97 Å². The van der Waals surface area contributed by atoms with E-state index in [1.54, 1.807) is 0 Å². The molecule has 7 N–H and O–H groups in total. The minimum absolute atomic E-state index is 0.0553. The van der Waals surface area contributed by atoms with Crippen molar-refractivity contribution in [1.82, 2.24) is 25.5 Å². The van der Waals surface area contributed by atoms with Crippen LogP contribution in [0.2, 0.25) is 0 Å². The van der Waals surface area contributed by atoms with Crippen molar-refractivity contribution in [3.8, 4) is 0 Å². The number of H-pyrrole nitrogens is 1. The molecule has 0 radical (unpaired) electrons. The van der Waals surface area contributed by atoms with Gasteiger partial charge in [0.1, 0.15) is 18.1 Å². The van der Waals surface area contributed by atoms with Gasteiger partial charge in [-0.3, -0.25) is 14.4 Å². The molecule has 1 aromatic rings. The summed E-state index contributed by atoms with van der Waals surface area (Å²) in [5.74, 6) is -2.98. The second-order valence-corrected chi connectivity index (χ2v) is 6.91. The van der Waals surface area contributed by atoms with E-state index in [1.165, 1.54) is 24.3 Å². The molecule has 4 atom stereocenters. The van der Waals surface area contributed by atoms with Gasteiger partial charge in [0.15, 0.2) is 0 Å². The number of aliphatic hydroxyl groups is 1. The van der Waals surface area contributed by atoms with E-state index in [4.69, 9.17) is 10.8 Å². The molecule has 0 aliphatic carbocycles. The predicted octanol–water partition coefficient (Wildman–Crippen LogP) is -2.66. The highest BCUT2D eigenvalue weighted by atomic mass is 16.4. The lowest BCUT2D eigenvalue weighted by atomic mass is 10.1. The Bertz CT molecular complexity index is 737. The van der Waals surface area contributed by atoms with Crippen LogP contribution in [-0.2, 0) is 25.6 Å². The molecule has 0 bridgehead atoms. The third kappa shape index (κ3) is 5.99. The monoisotopic (exact) mass is 410 g/mol. The number of aliphatic carboxylic acids is 1. The number of rotatable bonds is 9. The van der Waals surface area contributed by atoms with Crippen molar-refractivity contribution in [2.45, 2.75) is 50.4 Å². The number of nitrogens with one attached hydrogen (secondary N) is 3. The van der Waals surface area contributed by atoms with Crippen molar-refractivity contribution in [2.24, 2.45) is 5.73 Å². The summed E-state index contributed by atoms with van der Waals surface area (Å²) in [5.41, 5.74) is 6.16. The summed E-state index contributed by atoms with van der Waals surface area (Å²) >= 11 is 0. The molecule has 1 saturated heterocycles. The second kappa shape index (κ2) is 9.98. The summed E-state index contributed by atoms with van der Waals surface area (Å²) in [7, 11) is 0. The number of carbonyl (C=O) groups is 4. The molecular formula is C17H26N6O6. The van der Waals surface area contributed by atoms with Crippen molar-refractivity contribution in [3.63, 3.8) is 0 Å². The highest BCUT2D eigenvalue weighted by Gasteiger charge is 2.34. The van der Waals surface area contributed by atoms with Crippen LogP contribution in [0.5, 0.6) is 0 Å². The third-order valence-corrected chi connectivity index (χ3v) is 4.71. The molecule has 1 fully saturated rings. The molecule has 3 amide bonds. The van der Waals surface area contributed by atoms with Crippen molar-refractivity contribution < 1.29 is 29.4 Å². The molecule has 160 valence electrons. The van der Waals surface area contributed by atoms with Crippen LogP contribution in [0.25, 0.3) is 0 Å². The van der Waals surface area contributed by atoms with Gasteiger partial charge < -0.3 is 36.5 Å². The maximum Gasteiger partial charge on any atom is 0.326 e. The van der Waals surface area contributed by atoms with E-state index in [0.29, 0.717) is 25.1 Å². The number of hydrogen-bond donors (Lipinski definition) is 6. The Kier molecular flexibility index (Phi) is 7.67. The Morgan fingerprint density at radius 2 is 2.10 bits per heavy atom. The highest BCUT2D eigenvalue weighted by molar-refractivity contribution is 5.93. The predicted molar refractivity (Wildman–Crippen MR) is 99.3 cm³/mol. The van der Waals surface area contributed by atoms with Crippen molar-refractivity contribution in [3.05, 3.63) is 18.2 Å². The number of carboxylic acids is 1. The first-order chi connectivity index (χ1) is 13.7. The number of amides is 3. The number of imidazole rings is 1. The number of likely N-dealkylation sites (tertiary alicyclic amines) is 1. The van der Waals surface area contributed by atoms with Crippen LogP contribution in [0.15, 0.2) is 12.5 Å². The Hall–Kier alpha value is -2.99. The molecule has 2 rings (SSSR count). The zero-order chi connectivity index (χ0) is 21.6. The Balaban J connectivity index is 1.99. The number of hydrogen-bond acceptors (Lipinski definition) is 7. The Labute approximate surface area is 166 Å². The topological polar surface area (TPSA) is 191 Å². The van der Waals surface area contributed by atoms with Crippen molar-refractivity contribution >= 4 is 23.7 Å². The molecule has 1 aromatic heterocycles. The second-order valence-electron chi connectivity index (χ2n) is 6.91.